The molecular formula is C40H46N2PZr-5. The van der Waals surface area contributed by atoms with Crippen LogP contribution in [-0.2, 0) is 26.2 Å². The maximum atomic E-state index is 5.01. The quantitative estimate of drug-likeness (QED) is 0.127. The summed E-state index contributed by atoms with van der Waals surface area (Å²) in [6.45, 7) is 20.5. The van der Waals surface area contributed by atoms with Gasteiger partial charge in [0.05, 0.1) is 0 Å². The molecule has 0 N–H and O–H groups in total. The van der Waals surface area contributed by atoms with Gasteiger partial charge in [-0.1, -0.05) is 114 Å². The summed E-state index contributed by atoms with van der Waals surface area (Å²) in [5, 5.41) is 12.5. The van der Waals surface area contributed by atoms with Crippen molar-refractivity contribution in [3.8, 4) is 0 Å². The Morgan fingerprint density at radius 2 is 0.795 bits per heavy atom. The van der Waals surface area contributed by atoms with E-state index in [2.05, 4.69) is 109 Å². The Morgan fingerprint density at radius 1 is 0.523 bits per heavy atom. The summed E-state index contributed by atoms with van der Waals surface area (Å²) in [5.41, 5.74) is 3.13. The van der Waals surface area contributed by atoms with Crippen molar-refractivity contribution >= 4 is 18.5 Å². The smallest absolute Gasteiger partial charge is 0 e. The predicted octanol–water partition coefficient (Wildman–Crippen LogP) is 10.6. The molecule has 0 saturated heterocycles. The molecular weight excluding hydrogens is 631 g/mol. The molecule has 0 amide bonds. The summed E-state index contributed by atoms with van der Waals surface area (Å²) in [7, 11) is -0.618. The summed E-state index contributed by atoms with van der Waals surface area (Å²) >= 11 is 0. The molecule has 0 spiro atoms. The minimum atomic E-state index is -0.618. The molecule has 4 heteroatoms. The van der Waals surface area contributed by atoms with E-state index in [1.165, 1.54) is 10.6 Å². The average molecular weight is 677 g/mol. The Hall–Kier alpha value is -3.06. The number of benzene rings is 5. The van der Waals surface area contributed by atoms with Crippen LogP contribution in [0.4, 0.5) is 0 Å². The van der Waals surface area contributed by atoms with Gasteiger partial charge in [-0.25, -0.2) is 5.91 Å². The Morgan fingerprint density at radius 3 is 1.00 bits per heavy atom. The molecule has 0 aliphatic rings. The first kappa shape index (κ1) is 39.0. The molecule has 230 valence electrons. The average Bonchev–Trinajstić information content (AvgIpc) is 3.00. The fraction of sp³-hybridized carbons (Fsp3) is 0.175. The molecule has 0 radical (unpaired) electrons. The van der Waals surface area contributed by atoms with E-state index in [1.807, 2.05) is 91.0 Å². The molecule has 1 unspecified atom stereocenters. The van der Waals surface area contributed by atoms with E-state index in [0.29, 0.717) is 0 Å². The Labute approximate surface area is 288 Å². The molecule has 5 aromatic rings. The Bertz CT molecular complexity index is 1220. The van der Waals surface area contributed by atoms with Crippen LogP contribution in [0, 0.1) is 20.8 Å². The largest absolute Gasteiger partial charge is 0.674 e. The van der Waals surface area contributed by atoms with Crippen LogP contribution in [0.25, 0.3) is 10.6 Å². The second-order valence-electron chi connectivity index (χ2n) is 10.6. The topological polar surface area (TPSA) is 28.2 Å². The SMILES string of the molecule is CC[N-]C([N-]C(C)(C)C)P(c1ccccc1)c1ccccc1.[CH2-]c1ccccc1.[CH2-]c1ccccc1.[CH2-]c1ccccc1.[Zr]. The molecule has 5 rings (SSSR count). The van der Waals surface area contributed by atoms with Gasteiger partial charge in [0, 0.05) is 26.2 Å². The third-order valence-electron chi connectivity index (χ3n) is 5.68. The molecule has 0 aromatic heterocycles. The summed E-state index contributed by atoms with van der Waals surface area (Å²) < 4.78 is 0. The van der Waals surface area contributed by atoms with Gasteiger partial charge in [0.2, 0.25) is 0 Å². The monoisotopic (exact) mass is 675 g/mol. The first-order valence-electron chi connectivity index (χ1n) is 14.6. The standard InChI is InChI=1S/C19H25N2P.3C7H7.Zr/c1-5-20-18(21-19(2,3)4)22(16-12-8-6-9-13-16)17-14-10-7-11-15-17;3*1-7-5-3-2-4-6-7;/h6-15,18H,5H2,1-4H3;3*2-6H,1H2;/q-2;3*-1;. The van der Waals surface area contributed by atoms with E-state index in [4.69, 9.17) is 10.6 Å². The molecule has 0 aliphatic carbocycles. The number of hydrogen-bond donors (Lipinski definition) is 0. The van der Waals surface area contributed by atoms with E-state index >= 15 is 0 Å². The zero-order chi connectivity index (χ0) is 31.3. The fourth-order valence-corrected chi connectivity index (χ4v) is 6.32. The van der Waals surface area contributed by atoms with Crippen LogP contribution < -0.4 is 10.6 Å². The van der Waals surface area contributed by atoms with Crippen molar-refractivity contribution in [2.24, 2.45) is 0 Å². The number of rotatable bonds is 6. The molecule has 0 fully saturated rings. The van der Waals surface area contributed by atoms with E-state index in [1.54, 1.807) is 0 Å². The molecule has 1 atom stereocenters. The Kier molecular flexibility index (Phi) is 19.9. The van der Waals surface area contributed by atoms with Gasteiger partial charge in [-0.3, -0.25) is 0 Å². The van der Waals surface area contributed by atoms with E-state index in [-0.39, 0.29) is 37.6 Å². The molecule has 0 heterocycles. The summed E-state index contributed by atoms with van der Waals surface area (Å²) in [6, 6.07) is 51.0. The first-order chi connectivity index (χ1) is 20.7. The summed E-state index contributed by atoms with van der Waals surface area (Å²) in [4.78, 5) is 0. The molecule has 5 aromatic carbocycles. The van der Waals surface area contributed by atoms with Crippen LogP contribution in [0.1, 0.15) is 44.4 Å². The van der Waals surface area contributed by atoms with E-state index in [9.17, 15) is 0 Å². The minimum absolute atomic E-state index is 0. The second-order valence-corrected chi connectivity index (χ2v) is 12.9. The molecule has 0 aliphatic heterocycles. The number of nitrogens with zero attached hydrogens (tertiary/aromatic N) is 2. The van der Waals surface area contributed by atoms with Gasteiger partial charge >= 0.3 is 0 Å². The van der Waals surface area contributed by atoms with E-state index in [0.717, 1.165) is 23.2 Å². The first-order valence-corrected chi connectivity index (χ1v) is 16.0. The van der Waals surface area contributed by atoms with Crippen molar-refractivity contribution in [1.82, 2.24) is 0 Å². The fourth-order valence-electron chi connectivity index (χ4n) is 3.72. The van der Waals surface area contributed by atoms with Crippen molar-refractivity contribution in [3.63, 3.8) is 0 Å². The second kappa shape index (κ2) is 22.5. The molecule has 44 heavy (non-hydrogen) atoms. The summed E-state index contributed by atoms with van der Waals surface area (Å²) in [6.07, 6.45) is 0. The van der Waals surface area contributed by atoms with Crippen molar-refractivity contribution in [1.29, 1.82) is 0 Å². The predicted molar refractivity (Wildman–Crippen MR) is 193 cm³/mol. The maximum absolute atomic E-state index is 5.01. The van der Waals surface area contributed by atoms with Gasteiger partial charge in [0.1, 0.15) is 0 Å². The molecule has 2 nitrogen and oxygen atoms in total. The zero-order valence-electron chi connectivity index (χ0n) is 26.7. The maximum Gasteiger partial charge on any atom is 0 e. The van der Waals surface area contributed by atoms with Crippen LogP contribution in [0.3, 0.4) is 0 Å². The van der Waals surface area contributed by atoms with Gasteiger partial charge in [-0.15, -0.1) is 41.9 Å². The van der Waals surface area contributed by atoms with Crippen molar-refractivity contribution in [2.45, 2.75) is 39.1 Å². The van der Waals surface area contributed by atoms with Gasteiger partial charge in [0.25, 0.3) is 0 Å². The number of hydrogen-bond acceptors (Lipinski definition) is 0. The van der Waals surface area contributed by atoms with Crippen LogP contribution in [-0.4, -0.2) is 18.0 Å². The van der Waals surface area contributed by atoms with Gasteiger partial charge < -0.3 is 10.6 Å². The van der Waals surface area contributed by atoms with Crippen LogP contribution in [0.15, 0.2) is 152 Å². The molecule has 0 saturated carbocycles. The van der Waals surface area contributed by atoms with Crippen LogP contribution >= 0.6 is 7.92 Å². The van der Waals surface area contributed by atoms with Gasteiger partial charge in [0.15, 0.2) is 0 Å². The van der Waals surface area contributed by atoms with Crippen molar-refractivity contribution < 1.29 is 26.2 Å². The Balaban J connectivity index is 0.000000355. The summed E-state index contributed by atoms with van der Waals surface area (Å²) in [5.74, 6) is 0.00444. The van der Waals surface area contributed by atoms with Crippen LogP contribution in [0.5, 0.6) is 0 Å². The minimum Gasteiger partial charge on any atom is -0.674 e. The van der Waals surface area contributed by atoms with Crippen LogP contribution in [0.2, 0.25) is 0 Å². The van der Waals surface area contributed by atoms with Crippen molar-refractivity contribution in [2.75, 3.05) is 6.54 Å². The zero-order valence-corrected chi connectivity index (χ0v) is 30.0. The van der Waals surface area contributed by atoms with Crippen molar-refractivity contribution in [3.05, 3.63) is 200 Å². The van der Waals surface area contributed by atoms with E-state index < -0.39 is 7.92 Å². The normalized spacial score (nSPS) is 10.8. The van der Waals surface area contributed by atoms with Gasteiger partial charge in [-0.2, -0.15) is 80.4 Å². The van der Waals surface area contributed by atoms with Gasteiger partial charge in [-0.05, 0) is 10.6 Å². The third kappa shape index (κ3) is 17.3. The molecule has 0 bridgehead atoms. The third-order valence-corrected chi connectivity index (χ3v) is 8.13.